The van der Waals surface area contributed by atoms with Crippen LogP contribution in [0.3, 0.4) is 0 Å². The van der Waals surface area contributed by atoms with Gasteiger partial charge in [-0.05, 0) is 48.6 Å². The van der Waals surface area contributed by atoms with E-state index in [-0.39, 0.29) is 5.78 Å². The van der Waals surface area contributed by atoms with Crippen LogP contribution in [-0.4, -0.2) is 15.4 Å². The van der Waals surface area contributed by atoms with Gasteiger partial charge < -0.3 is 0 Å². The molecule has 0 atom stereocenters. The number of rotatable bonds is 3. The summed E-state index contributed by atoms with van der Waals surface area (Å²) in [5.41, 5.74) is 1.74. The van der Waals surface area contributed by atoms with Gasteiger partial charge in [0, 0.05) is 5.56 Å². The van der Waals surface area contributed by atoms with Crippen LogP contribution in [0.4, 0.5) is 4.39 Å². The molecule has 0 aliphatic carbocycles. The number of benzene rings is 1. The molecule has 1 heterocycles. The van der Waals surface area contributed by atoms with Crippen LogP contribution < -0.4 is 0 Å². The van der Waals surface area contributed by atoms with Gasteiger partial charge in [0.1, 0.15) is 10.7 Å². The Morgan fingerprint density at radius 3 is 2.82 bits per heavy atom. The first-order valence-corrected chi connectivity index (χ1v) is 6.02. The van der Waals surface area contributed by atoms with E-state index in [1.807, 2.05) is 6.92 Å². The Hall–Kier alpha value is -1.62. The summed E-state index contributed by atoms with van der Waals surface area (Å²) in [6.07, 6.45) is 0.645. The van der Waals surface area contributed by atoms with Crippen molar-refractivity contribution in [3.8, 4) is 0 Å². The lowest BCUT2D eigenvalue weighted by atomic mass is 10.1. The monoisotopic (exact) mass is 250 g/mol. The lowest BCUT2D eigenvalue weighted by Crippen LogP contribution is -2.03. The van der Waals surface area contributed by atoms with Gasteiger partial charge in [0.15, 0.2) is 0 Å². The standard InChI is InChI=1S/C12H11FN2OS/c1-3-10-12(17-15-14-10)11(16)8-4-7(2)5-9(13)6-8/h4-6H,3H2,1-2H3. The van der Waals surface area contributed by atoms with Crippen molar-refractivity contribution in [3.63, 3.8) is 0 Å². The van der Waals surface area contributed by atoms with Crippen molar-refractivity contribution in [1.29, 1.82) is 0 Å². The molecular formula is C12H11FN2OS. The Labute approximate surface area is 102 Å². The third kappa shape index (κ3) is 2.39. The second kappa shape index (κ2) is 4.71. The number of ketones is 1. The minimum absolute atomic E-state index is 0.209. The van der Waals surface area contributed by atoms with E-state index in [1.165, 1.54) is 12.1 Å². The fourth-order valence-electron chi connectivity index (χ4n) is 1.61. The molecule has 0 spiro atoms. The molecule has 0 saturated carbocycles. The largest absolute Gasteiger partial charge is 0.288 e. The molecule has 0 bridgehead atoms. The molecule has 2 rings (SSSR count). The Bertz CT molecular complexity index is 545. The summed E-state index contributed by atoms with van der Waals surface area (Å²) in [7, 11) is 0. The summed E-state index contributed by atoms with van der Waals surface area (Å²) in [5, 5.41) is 3.88. The molecule has 0 fully saturated rings. The van der Waals surface area contributed by atoms with Gasteiger partial charge >= 0.3 is 0 Å². The van der Waals surface area contributed by atoms with E-state index in [0.29, 0.717) is 22.6 Å². The van der Waals surface area contributed by atoms with Gasteiger partial charge in [0.25, 0.3) is 0 Å². The van der Waals surface area contributed by atoms with Crippen LogP contribution in [0.15, 0.2) is 18.2 Å². The highest BCUT2D eigenvalue weighted by Crippen LogP contribution is 2.18. The zero-order valence-electron chi connectivity index (χ0n) is 9.53. The number of hydrogen-bond donors (Lipinski definition) is 0. The Kier molecular flexibility index (Phi) is 3.28. The van der Waals surface area contributed by atoms with E-state index in [4.69, 9.17) is 0 Å². The van der Waals surface area contributed by atoms with Crippen molar-refractivity contribution in [2.45, 2.75) is 20.3 Å². The van der Waals surface area contributed by atoms with E-state index < -0.39 is 5.82 Å². The van der Waals surface area contributed by atoms with E-state index in [1.54, 1.807) is 13.0 Å². The molecular weight excluding hydrogens is 239 g/mol. The normalized spacial score (nSPS) is 10.5. The summed E-state index contributed by atoms with van der Waals surface area (Å²) in [6.45, 7) is 3.66. The smallest absolute Gasteiger partial charge is 0.206 e. The number of carbonyl (C=O) groups excluding carboxylic acids is 1. The highest BCUT2D eigenvalue weighted by Gasteiger charge is 2.17. The predicted molar refractivity (Wildman–Crippen MR) is 63.9 cm³/mol. The number of halogens is 1. The topological polar surface area (TPSA) is 42.9 Å². The van der Waals surface area contributed by atoms with Crippen molar-refractivity contribution < 1.29 is 9.18 Å². The zero-order valence-corrected chi connectivity index (χ0v) is 10.3. The maximum Gasteiger partial charge on any atom is 0.206 e. The van der Waals surface area contributed by atoms with Gasteiger partial charge in [-0.3, -0.25) is 4.79 Å². The van der Waals surface area contributed by atoms with Crippen LogP contribution in [0.1, 0.15) is 33.4 Å². The summed E-state index contributed by atoms with van der Waals surface area (Å²) in [4.78, 5) is 12.7. The molecule has 0 N–H and O–H groups in total. The lowest BCUT2D eigenvalue weighted by Gasteiger charge is -2.01. The fraction of sp³-hybridized carbons (Fsp3) is 0.250. The van der Waals surface area contributed by atoms with Crippen LogP contribution in [-0.2, 0) is 6.42 Å². The van der Waals surface area contributed by atoms with Crippen LogP contribution >= 0.6 is 11.5 Å². The number of hydrogen-bond acceptors (Lipinski definition) is 4. The molecule has 0 aliphatic heterocycles. The molecule has 0 unspecified atom stereocenters. The van der Waals surface area contributed by atoms with Crippen molar-refractivity contribution in [2.75, 3.05) is 0 Å². The minimum Gasteiger partial charge on any atom is -0.288 e. The van der Waals surface area contributed by atoms with Crippen molar-refractivity contribution in [3.05, 3.63) is 45.7 Å². The minimum atomic E-state index is -0.399. The molecule has 3 nitrogen and oxygen atoms in total. The number of aromatic nitrogens is 2. The van der Waals surface area contributed by atoms with Gasteiger partial charge in [0.2, 0.25) is 5.78 Å². The summed E-state index contributed by atoms with van der Waals surface area (Å²) in [5.74, 6) is -0.608. The quantitative estimate of drug-likeness (QED) is 0.787. The fourth-order valence-corrected chi connectivity index (χ4v) is 2.32. The van der Waals surface area contributed by atoms with Gasteiger partial charge in [-0.1, -0.05) is 11.4 Å². The van der Waals surface area contributed by atoms with E-state index in [2.05, 4.69) is 9.59 Å². The van der Waals surface area contributed by atoms with Crippen molar-refractivity contribution in [2.24, 2.45) is 0 Å². The highest BCUT2D eigenvalue weighted by molar-refractivity contribution is 7.08. The molecule has 2 aromatic rings. The Morgan fingerprint density at radius 2 is 2.18 bits per heavy atom. The predicted octanol–water partition coefficient (Wildman–Crippen LogP) is 2.78. The Balaban J connectivity index is 2.43. The lowest BCUT2D eigenvalue weighted by molar-refractivity contribution is 0.104. The van der Waals surface area contributed by atoms with Crippen molar-refractivity contribution >= 4 is 17.3 Å². The first-order chi connectivity index (χ1) is 8.11. The maximum absolute atomic E-state index is 13.2. The molecule has 0 radical (unpaired) electrons. The first kappa shape index (κ1) is 11.9. The summed E-state index contributed by atoms with van der Waals surface area (Å²) in [6, 6.07) is 4.31. The van der Waals surface area contributed by atoms with Gasteiger partial charge in [-0.15, -0.1) is 5.10 Å². The van der Waals surface area contributed by atoms with Crippen molar-refractivity contribution in [1.82, 2.24) is 9.59 Å². The zero-order chi connectivity index (χ0) is 12.4. The molecule has 5 heteroatoms. The molecule has 1 aromatic heterocycles. The molecule has 88 valence electrons. The van der Waals surface area contributed by atoms with E-state index in [9.17, 15) is 9.18 Å². The second-order valence-electron chi connectivity index (χ2n) is 3.75. The average Bonchev–Trinajstić information content (AvgIpc) is 2.74. The van der Waals surface area contributed by atoms with E-state index in [0.717, 1.165) is 17.1 Å². The maximum atomic E-state index is 13.2. The number of carbonyl (C=O) groups is 1. The summed E-state index contributed by atoms with van der Waals surface area (Å²) >= 11 is 1.06. The van der Waals surface area contributed by atoms with Crippen LogP contribution in [0.2, 0.25) is 0 Å². The molecule has 0 aliphatic rings. The van der Waals surface area contributed by atoms with E-state index >= 15 is 0 Å². The average molecular weight is 250 g/mol. The Morgan fingerprint density at radius 1 is 1.41 bits per heavy atom. The van der Waals surface area contributed by atoms with Crippen LogP contribution in [0.25, 0.3) is 0 Å². The summed E-state index contributed by atoms with van der Waals surface area (Å²) < 4.78 is 17.0. The highest BCUT2D eigenvalue weighted by atomic mass is 32.1. The van der Waals surface area contributed by atoms with Gasteiger partial charge in [-0.2, -0.15) is 0 Å². The molecule has 1 aromatic carbocycles. The van der Waals surface area contributed by atoms with Gasteiger partial charge in [-0.25, -0.2) is 4.39 Å². The third-order valence-corrected chi connectivity index (χ3v) is 3.17. The number of nitrogens with zero attached hydrogens (tertiary/aromatic N) is 2. The molecule has 0 amide bonds. The third-order valence-electron chi connectivity index (χ3n) is 2.40. The molecule has 17 heavy (non-hydrogen) atoms. The van der Waals surface area contributed by atoms with Crippen LogP contribution in [0, 0.1) is 12.7 Å². The van der Waals surface area contributed by atoms with Crippen LogP contribution in [0.5, 0.6) is 0 Å². The van der Waals surface area contributed by atoms with Gasteiger partial charge in [0.05, 0.1) is 5.69 Å². The number of aryl methyl sites for hydroxylation is 2. The second-order valence-corrected chi connectivity index (χ2v) is 4.50. The molecule has 0 saturated heterocycles. The SMILES string of the molecule is CCc1nnsc1C(=O)c1cc(C)cc(F)c1. The first-order valence-electron chi connectivity index (χ1n) is 5.25.